The van der Waals surface area contributed by atoms with Crippen LogP contribution < -0.4 is 0 Å². The van der Waals surface area contributed by atoms with Crippen molar-refractivity contribution in [1.82, 2.24) is 0 Å². The van der Waals surface area contributed by atoms with E-state index in [9.17, 15) is 4.79 Å². The lowest BCUT2D eigenvalue weighted by molar-refractivity contribution is -0.154. The number of fused-ring (bicyclic) bond motifs is 2. The van der Waals surface area contributed by atoms with Crippen molar-refractivity contribution in [3.63, 3.8) is 0 Å². The third-order valence-corrected chi connectivity index (χ3v) is 3.45. The summed E-state index contributed by atoms with van der Waals surface area (Å²) in [7, 11) is 0. The highest BCUT2D eigenvalue weighted by atomic mass is 16.5. The van der Waals surface area contributed by atoms with Crippen LogP contribution in [0.4, 0.5) is 0 Å². The number of ether oxygens (including phenoxy) is 1. The first-order valence-corrected chi connectivity index (χ1v) is 4.94. The number of esters is 1. The standard InChI is InChI=1S/C10H16O2/c1-2-12-9(11)10-5-3-8(7-10)4-6-10/h8H,2-7H2,1H3. The first kappa shape index (κ1) is 8.09. The van der Waals surface area contributed by atoms with E-state index in [0.717, 1.165) is 25.2 Å². The molecule has 2 fully saturated rings. The summed E-state index contributed by atoms with van der Waals surface area (Å²) >= 11 is 0. The minimum atomic E-state index is -0.0410. The van der Waals surface area contributed by atoms with E-state index in [-0.39, 0.29) is 11.4 Å². The van der Waals surface area contributed by atoms with Crippen LogP contribution in [0.15, 0.2) is 0 Å². The van der Waals surface area contributed by atoms with Gasteiger partial charge in [-0.2, -0.15) is 0 Å². The second-order valence-corrected chi connectivity index (χ2v) is 4.15. The summed E-state index contributed by atoms with van der Waals surface area (Å²) in [4.78, 5) is 11.6. The molecule has 0 spiro atoms. The first-order chi connectivity index (χ1) is 5.77. The van der Waals surface area contributed by atoms with Gasteiger partial charge in [0.1, 0.15) is 0 Å². The lowest BCUT2D eigenvalue weighted by atomic mass is 9.84. The zero-order chi connectivity index (χ0) is 8.60. The Morgan fingerprint density at radius 3 is 2.58 bits per heavy atom. The number of hydrogen-bond acceptors (Lipinski definition) is 2. The Morgan fingerprint density at radius 1 is 1.50 bits per heavy atom. The summed E-state index contributed by atoms with van der Waals surface area (Å²) < 4.78 is 5.11. The summed E-state index contributed by atoms with van der Waals surface area (Å²) in [6.45, 7) is 2.42. The summed E-state index contributed by atoms with van der Waals surface area (Å²) in [5.74, 6) is 0.902. The van der Waals surface area contributed by atoms with Crippen LogP contribution >= 0.6 is 0 Å². The van der Waals surface area contributed by atoms with Gasteiger partial charge in [-0.05, 0) is 44.9 Å². The zero-order valence-electron chi connectivity index (χ0n) is 7.64. The Bertz CT molecular complexity index is 190. The summed E-state index contributed by atoms with van der Waals surface area (Å²) in [5.41, 5.74) is -0.0410. The molecule has 0 amide bonds. The molecule has 0 saturated heterocycles. The molecule has 2 nitrogen and oxygen atoms in total. The fourth-order valence-electron chi connectivity index (χ4n) is 2.76. The van der Waals surface area contributed by atoms with Gasteiger partial charge < -0.3 is 4.74 Å². The van der Waals surface area contributed by atoms with E-state index in [1.54, 1.807) is 0 Å². The van der Waals surface area contributed by atoms with Gasteiger partial charge in [-0.15, -0.1) is 0 Å². The Kier molecular flexibility index (Phi) is 1.85. The molecule has 0 unspecified atom stereocenters. The number of rotatable bonds is 2. The van der Waals surface area contributed by atoms with Crippen molar-refractivity contribution in [3.8, 4) is 0 Å². The van der Waals surface area contributed by atoms with Crippen molar-refractivity contribution in [1.29, 1.82) is 0 Å². The van der Waals surface area contributed by atoms with Gasteiger partial charge in [0.25, 0.3) is 0 Å². The minimum Gasteiger partial charge on any atom is -0.466 e. The van der Waals surface area contributed by atoms with Gasteiger partial charge in [0.05, 0.1) is 12.0 Å². The lowest BCUT2D eigenvalue weighted by Crippen LogP contribution is -2.28. The summed E-state index contributed by atoms with van der Waals surface area (Å²) in [6, 6.07) is 0. The van der Waals surface area contributed by atoms with E-state index < -0.39 is 0 Å². The largest absolute Gasteiger partial charge is 0.466 e. The molecular formula is C10H16O2. The second kappa shape index (κ2) is 2.75. The quantitative estimate of drug-likeness (QED) is 0.590. The predicted molar refractivity (Wildman–Crippen MR) is 45.6 cm³/mol. The Morgan fingerprint density at radius 2 is 2.17 bits per heavy atom. The molecular weight excluding hydrogens is 152 g/mol. The van der Waals surface area contributed by atoms with Gasteiger partial charge in [-0.3, -0.25) is 4.79 Å². The molecule has 12 heavy (non-hydrogen) atoms. The molecule has 2 heteroatoms. The molecule has 0 heterocycles. The molecule has 0 aromatic carbocycles. The topological polar surface area (TPSA) is 26.3 Å². The minimum absolute atomic E-state index is 0.0410. The zero-order valence-corrected chi connectivity index (χ0v) is 7.64. The van der Waals surface area contributed by atoms with Crippen LogP contribution in [0.2, 0.25) is 0 Å². The molecule has 0 atom stereocenters. The summed E-state index contributed by atoms with van der Waals surface area (Å²) in [5, 5.41) is 0. The Hall–Kier alpha value is -0.530. The average Bonchev–Trinajstić information content (AvgIpc) is 2.64. The number of hydrogen-bond donors (Lipinski definition) is 0. The summed E-state index contributed by atoms with van der Waals surface area (Å²) in [6.07, 6.45) is 5.76. The van der Waals surface area contributed by atoms with Crippen LogP contribution in [0.5, 0.6) is 0 Å². The van der Waals surface area contributed by atoms with Crippen molar-refractivity contribution >= 4 is 5.97 Å². The maximum Gasteiger partial charge on any atom is 0.312 e. The van der Waals surface area contributed by atoms with Crippen LogP contribution in [0.3, 0.4) is 0 Å². The molecule has 2 bridgehead atoms. The normalized spacial score (nSPS) is 38.6. The Labute approximate surface area is 73.3 Å². The van der Waals surface area contributed by atoms with Crippen LogP contribution in [0.1, 0.15) is 39.0 Å². The maximum absolute atomic E-state index is 11.6. The maximum atomic E-state index is 11.6. The van der Waals surface area contributed by atoms with Crippen molar-refractivity contribution in [2.75, 3.05) is 6.61 Å². The molecule has 68 valence electrons. The second-order valence-electron chi connectivity index (χ2n) is 4.15. The molecule has 0 aromatic heterocycles. The molecule has 2 saturated carbocycles. The van der Waals surface area contributed by atoms with Gasteiger partial charge in [0, 0.05) is 0 Å². The molecule has 2 aliphatic rings. The highest BCUT2D eigenvalue weighted by Crippen LogP contribution is 2.54. The van der Waals surface area contributed by atoms with E-state index in [4.69, 9.17) is 4.74 Å². The third kappa shape index (κ3) is 1.05. The van der Waals surface area contributed by atoms with E-state index in [0.29, 0.717) is 6.61 Å². The van der Waals surface area contributed by atoms with Gasteiger partial charge >= 0.3 is 5.97 Å². The number of carbonyl (C=O) groups is 1. The van der Waals surface area contributed by atoms with Crippen LogP contribution in [-0.2, 0) is 9.53 Å². The molecule has 0 N–H and O–H groups in total. The Balaban J connectivity index is 2.06. The van der Waals surface area contributed by atoms with Crippen molar-refractivity contribution in [2.24, 2.45) is 11.3 Å². The van der Waals surface area contributed by atoms with Gasteiger partial charge in [0.15, 0.2) is 0 Å². The third-order valence-electron chi connectivity index (χ3n) is 3.45. The van der Waals surface area contributed by atoms with Gasteiger partial charge in [-0.25, -0.2) is 0 Å². The number of carbonyl (C=O) groups excluding carboxylic acids is 1. The SMILES string of the molecule is CCOC(=O)C12CCC(CC1)C2. The van der Waals surface area contributed by atoms with Crippen molar-refractivity contribution in [2.45, 2.75) is 39.0 Å². The monoisotopic (exact) mass is 168 g/mol. The van der Waals surface area contributed by atoms with Crippen LogP contribution in [-0.4, -0.2) is 12.6 Å². The predicted octanol–water partition coefficient (Wildman–Crippen LogP) is 2.13. The van der Waals surface area contributed by atoms with E-state index in [1.165, 1.54) is 12.8 Å². The fraction of sp³-hybridized carbons (Fsp3) is 0.900. The highest BCUT2D eigenvalue weighted by Gasteiger charge is 2.50. The van der Waals surface area contributed by atoms with Crippen molar-refractivity contribution in [3.05, 3.63) is 0 Å². The highest BCUT2D eigenvalue weighted by molar-refractivity contribution is 5.77. The van der Waals surface area contributed by atoms with Gasteiger partial charge in [0.2, 0.25) is 0 Å². The smallest absolute Gasteiger partial charge is 0.312 e. The lowest BCUT2D eigenvalue weighted by Gasteiger charge is -2.23. The molecule has 0 aliphatic heterocycles. The van der Waals surface area contributed by atoms with E-state index in [2.05, 4.69) is 0 Å². The first-order valence-electron chi connectivity index (χ1n) is 4.94. The fourth-order valence-corrected chi connectivity index (χ4v) is 2.76. The molecule has 0 radical (unpaired) electrons. The average molecular weight is 168 g/mol. The van der Waals surface area contributed by atoms with Crippen LogP contribution in [0.25, 0.3) is 0 Å². The van der Waals surface area contributed by atoms with Gasteiger partial charge in [-0.1, -0.05) is 0 Å². The van der Waals surface area contributed by atoms with Crippen LogP contribution in [0, 0.1) is 11.3 Å². The molecule has 0 aromatic rings. The van der Waals surface area contributed by atoms with E-state index >= 15 is 0 Å². The van der Waals surface area contributed by atoms with Crippen molar-refractivity contribution < 1.29 is 9.53 Å². The molecule has 2 rings (SSSR count). The molecule has 2 aliphatic carbocycles. The van der Waals surface area contributed by atoms with E-state index in [1.807, 2.05) is 6.92 Å².